The molecule has 1 aliphatic heterocycles. The van der Waals surface area contributed by atoms with E-state index in [0.717, 1.165) is 27.5 Å². The second-order valence-corrected chi connectivity index (χ2v) is 9.66. The molecular weight excluding hydrogens is 531 g/mol. The molecule has 2 amide bonds. The third kappa shape index (κ3) is 5.34. The SMILES string of the molecule is CC1(C)C(=O)C(NC(=O)Cc2cccc(OC(F)(F)F)c2)CN1C(=O)c1cc2cc(Br)ccc2[nH]1. The molecule has 35 heavy (non-hydrogen) atoms. The van der Waals surface area contributed by atoms with Crippen molar-refractivity contribution in [2.24, 2.45) is 0 Å². The van der Waals surface area contributed by atoms with Crippen LogP contribution in [0.25, 0.3) is 10.9 Å². The third-order valence-corrected chi connectivity index (χ3v) is 6.34. The first-order chi connectivity index (χ1) is 16.3. The predicted octanol–water partition coefficient (Wildman–Crippen LogP) is 4.36. The Morgan fingerprint density at radius 2 is 1.94 bits per heavy atom. The van der Waals surface area contributed by atoms with Crippen LogP contribution in [0.1, 0.15) is 29.9 Å². The van der Waals surface area contributed by atoms with E-state index >= 15 is 0 Å². The summed E-state index contributed by atoms with van der Waals surface area (Å²) in [6.45, 7) is 3.18. The van der Waals surface area contributed by atoms with E-state index in [4.69, 9.17) is 0 Å². The molecule has 0 radical (unpaired) electrons. The van der Waals surface area contributed by atoms with Gasteiger partial charge in [0.2, 0.25) is 5.91 Å². The molecule has 0 saturated carbocycles. The van der Waals surface area contributed by atoms with E-state index in [1.807, 2.05) is 18.2 Å². The van der Waals surface area contributed by atoms with Crippen LogP contribution in [0.2, 0.25) is 0 Å². The predicted molar refractivity (Wildman–Crippen MR) is 125 cm³/mol. The van der Waals surface area contributed by atoms with Gasteiger partial charge in [-0.15, -0.1) is 13.2 Å². The average molecular weight is 552 g/mol. The number of rotatable bonds is 5. The first-order valence-corrected chi connectivity index (χ1v) is 11.4. The largest absolute Gasteiger partial charge is 0.573 e. The highest BCUT2D eigenvalue weighted by molar-refractivity contribution is 9.10. The van der Waals surface area contributed by atoms with Crippen LogP contribution in [0.5, 0.6) is 5.75 Å². The Hall–Kier alpha value is -3.34. The van der Waals surface area contributed by atoms with Gasteiger partial charge in [-0.25, -0.2) is 0 Å². The van der Waals surface area contributed by atoms with E-state index in [-0.39, 0.29) is 30.2 Å². The van der Waals surface area contributed by atoms with Gasteiger partial charge in [0.1, 0.15) is 17.5 Å². The topological polar surface area (TPSA) is 91.5 Å². The van der Waals surface area contributed by atoms with Crippen molar-refractivity contribution in [3.63, 3.8) is 0 Å². The number of carbonyl (C=O) groups is 3. The van der Waals surface area contributed by atoms with Gasteiger partial charge in [-0.1, -0.05) is 28.1 Å². The monoisotopic (exact) mass is 551 g/mol. The summed E-state index contributed by atoms with van der Waals surface area (Å²) in [6, 6.07) is 11.3. The lowest BCUT2D eigenvalue weighted by Crippen LogP contribution is -2.47. The number of carbonyl (C=O) groups excluding carboxylic acids is 3. The summed E-state index contributed by atoms with van der Waals surface area (Å²) in [4.78, 5) is 43.3. The average Bonchev–Trinajstić information content (AvgIpc) is 3.26. The number of aromatic nitrogens is 1. The fourth-order valence-corrected chi connectivity index (χ4v) is 4.53. The van der Waals surface area contributed by atoms with E-state index in [1.54, 1.807) is 19.9 Å². The molecule has 1 aliphatic rings. The number of Topliss-reactive ketones (excluding diaryl/α,β-unsaturated/α-hetero) is 1. The molecule has 2 heterocycles. The Kier molecular flexibility index (Phi) is 6.39. The van der Waals surface area contributed by atoms with Crippen LogP contribution in [0.4, 0.5) is 13.2 Å². The second kappa shape index (κ2) is 9.03. The van der Waals surface area contributed by atoms with Gasteiger partial charge in [-0.2, -0.15) is 0 Å². The van der Waals surface area contributed by atoms with Gasteiger partial charge in [0.05, 0.1) is 12.0 Å². The Morgan fingerprint density at radius 3 is 2.66 bits per heavy atom. The third-order valence-electron chi connectivity index (χ3n) is 5.85. The fraction of sp³-hybridized carbons (Fsp3) is 0.292. The van der Waals surface area contributed by atoms with Crippen molar-refractivity contribution in [1.29, 1.82) is 0 Å². The molecule has 2 aromatic carbocycles. The van der Waals surface area contributed by atoms with Gasteiger partial charge in [0, 0.05) is 21.9 Å². The second-order valence-electron chi connectivity index (χ2n) is 8.75. The van der Waals surface area contributed by atoms with Crippen LogP contribution in [-0.2, 0) is 16.0 Å². The minimum atomic E-state index is -4.85. The zero-order valence-corrected chi connectivity index (χ0v) is 20.3. The highest BCUT2D eigenvalue weighted by atomic mass is 79.9. The van der Waals surface area contributed by atoms with Crippen LogP contribution in [-0.4, -0.2) is 52.0 Å². The normalized spacial score (nSPS) is 17.6. The summed E-state index contributed by atoms with van der Waals surface area (Å²) in [7, 11) is 0. The molecule has 0 spiro atoms. The molecule has 0 aliphatic carbocycles. The highest BCUT2D eigenvalue weighted by Gasteiger charge is 2.49. The summed E-state index contributed by atoms with van der Waals surface area (Å²) in [6.07, 6.45) is -5.11. The van der Waals surface area contributed by atoms with E-state index in [0.29, 0.717) is 5.69 Å². The summed E-state index contributed by atoms with van der Waals surface area (Å²) in [5.41, 5.74) is 0.188. The number of aromatic amines is 1. The smallest absolute Gasteiger partial charge is 0.406 e. The maximum Gasteiger partial charge on any atom is 0.573 e. The molecule has 3 aromatic rings. The quantitative estimate of drug-likeness (QED) is 0.493. The summed E-state index contributed by atoms with van der Waals surface area (Å²) >= 11 is 3.39. The summed E-state index contributed by atoms with van der Waals surface area (Å²) in [5.74, 6) is -1.73. The minimum absolute atomic E-state index is 0.0350. The minimum Gasteiger partial charge on any atom is -0.406 e. The van der Waals surface area contributed by atoms with Crippen LogP contribution < -0.4 is 10.1 Å². The molecule has 4 rings (SSSR count). The van der Waals surface area contributed by atoms with Crippen LogP contribution in [0.3, 0.4) is 0 Å². The van der Waals surface area contributed by atoms with Gasteiger partial charge in [0.15, 0.2) is 5.78 Å². The van der Waals surface area contributed by atoms with Crippen molar-refractivity contribution in [1.82, 2.24) is 15.2 Å². The van der Waals surface area contributed by atoms with E-state index < -0.39 is 29.6 Å². The van der Waals surface area contributed by atoms with Crippen molar-refractivity contribution < 1.29 is 32.3 Å². The lowest BCUT2D eigenvalue weighted by molar-refractivity contribution is -0.274. The number of likely N-dealkylation sites (tertiary alicyclic amines) is 1. The molecule has 0 bridgehead atoms. The van der Waals surface area contributed by atoms with Crippen LogP contribution >= 0.6 is 15.9 Å². The molecule has 1 unspecified atom stereocenters. The number of nitrogens with one attached hydrogen (secondary N) is 2. The molecule has 7 nitrogen and oxygen atoms in total. The summed E-state index contributed by atoms with van der Waals surface area (Å²) < 4.78 is 42.1. The number of nitrogens with zero attached hydrogens (tertiary/aromatic N) is 1. The van der Waals surface area contributed by atoms with Gasteiger partial charge >= 0.3 is 6.36 Å². The van der Waals surface area contributed by atoms with Gasteiger partial charge in [0.25, 0.3) is 5.91 Å². The Labute approximate surface area is 206 Å². The number of alkyl halides is 3. The highest BCUT2D eigenvalue weighted by Crippen LogP contribution is 2.29. The van der Waals surface area contributed by atoms with Crippen LogP contribution in [0, 0.1) is 0 Å². The number of amides is 2. The van der Waals surface area contributed by atoms with Crippen molar-refractivity contribution in [2.45, 2.75) is 38.2 Å². The number of fused-ring (bicyclic) bond motifs is 1. The van der Waals surface area contributed by atoms with Crippen LogP contribution in [0.15, 0.2) is 53.0 Å². The number of hydrogen-bond acceptors (Lipinski definition) is 4. The number of benzene rings is 2. The lowest BCUT2D eigenvalue weighted by atomic mass is 9.98. The molecule has 2 N–H and O–H groups in total. The Morgan fingerprint density at radius 1 is 1.20 bits per heavy atom. The molecule has 184 valence electrons. The number of H-pyrrole nitrogens is 1. The maximum absolute atomic E-state index is 13.2. The molecule has 11 heteroatoms. The zero-order chi connectivity index (χ0) is 25.5. The van der Waals surface area contributed by atoms with E-state index in [2.05, 4.69) is 31.0 Å². The summed E-state index contributed by atoms with van der Waals surface area (Å²) in [5, 5.41) is 3.44. The first kappa shape index (κ1) is 24.8. The molecule has 1 saturated heterocycles. The van der Waals surface area contributed by atoms with Gasteiger partial charge < -0.3 is 19.9 Å². The van der Waals surface area contributed by atoms with Crippen molar-refractivity contribution >= 4 is 44.4 Å². The maximum atomic E-state index is 13.2. The molecule has 1 atom stereocenters. The number of ether oxygens (including phenoxy) is 1. The first-order valence-electron chi connectivity index (χ1n) is 10.6. The van der Waals surface area contributed by atoms with E-state index in [1.165, 1.54) is 17.0 Å². The fourth-order valence-electron chi connectivity index (χ4n) is 4.15. The standard InChI is InChI=1S/C24H21BrF3N3O4/c1-23(2)21(33)19(30-20(32)9-13-4-3-5-16(8-13)35-24(26,27)28)12-31(23)22(34)18-11-14-10-15(25)6-7-17(14)29-18/h3-8,10-11,19,29H,9,12H2,1-2H3,(H,30,32). The number of halogens is 4. The van der Waals surface area contributed by atoms with Crippen molar-refractivity contribution in [3.8, 4) is 5.75 Å². The van der Waals surface area contributed by atoms with Gasteiger partial charge in [-0.3, -0.25) is 14.4 Å². The van der Waals surface area contributed by atoms with E-state index in [9.17, 15) is 27.6 Å². The molecular formula is C24H21BrF3N3O4. The lowest BCUT2D eigenvalue weighted by Gasteiger charge is -2.29. The molecule has 1 fully saturated rings. The Bertz CT molecular complexity index is 1320. The van der Waals surface area contributed by atoms with Crippen molar-refractivity contribution in [2.75, 3.05) is 6.54 Å². The number of hydrogen-bond donors (Lipinski definition) is 2. The van der Waals surface area contributed by atoms with Gasteiger partial charge in [-0.05, 0) is 55.8 Å². The Balaban J connectivity index is 1.46. The van der Waals surface area contributed by atoms with Crippen molar-refractivity contribution in [3.05, 3.63) is 64.3 Å². The molecule has 1 aromatic heterocycles. The zero-order valence-electron chi connectivity index (χ0n) is 18.7. The number of ketones is 1.